The van der Waals surface area contributed by atoms with E-state index in [1.165, 1.54) is 0 Å². The molecule has 5 heteroatoms. The van der Waals surface area contributed by atoms with Crippen LogP contribution in [0.4, 0.5) is 5.69 Å². The van der Waals surface area contributed by atoms with Crippen LogP contribution in [0.15, 0.2) is 36.5 Å². The Bertz CT molecular complexity index is 779. The number of nitrogens with zero attached hydrogens (tertiary/aromatic N) is 3. The highest BCUT2D eigenvalue weighted by atomic mass is 16.5. The van der Waals surface area contributed by atoms with E-state index in [4.69, 9.17) is 10.5 Å². The van der Waals surface area contributed by atoms with Crippen LogP contribution in [0.1, 0.15) is 19.0 Å². The summed E-state index contributed by atoms with van der Waals surface area (Å²) >= 11 is 0. The number of aromatic nitrogens is 3. The molecule has 5 nitrogen and oxygen atoms in total. The van der Waals surface area contributed by atoms with Gasteiger partial charge in [-0.05, 0) is 25.5 Å². The SMILES string of the molecule is CCCn1nc(C)c(N)c1Oc1cnc2ccccc2c1. The predicted octanol–water partition coefficient (Wildman–Crippen LogP) is 3.52. The molecular formula is C16H18N4O. The van der Waals surface area contributed by atoms with E-state index in [0.717, 1.165) is 29.6 Å². The van der Waals surface area contributed by atoms with Gasteiger partial charge < -0.3 is 10.5 Å². The van der Waals surface area contributed by atoms with Crippen molar-refractivity contribution in [1.82, 2.24) is 14.8 Å². The number of ether oxygens (including phenoxy) is 1. The molecule has 0 saturated carbocycles. The minimum atomic E-state index is 0.580. The molecule has 0 bridgehead atoms. The van der Waals surface area contributed by atoms with Gasteiger partial charge in [0.2, 0.25) is 5.88 Å². The Kier molecular flexibility index (Phi) is 3.48. The van der Waals surface area contributed by atoms with Crippen molar-refractivity contribution in [3.8, 4) is 11.6 Å². The third kappa shape index (κ3) is 2.54. The highest BCUT2D eigenvalue weighted by Crippen LogP contribution is 2.31. The molecule has 2 heterocycles. The first-order valence-electron chi connectivity index (χ1n) is 7.04. The Hall–Kier alpha value is -2.56. The zero-order chi connectivity index (χ0) is 14.8. The number of benzene rings is 1. The van der Waals surface area contributed by atoms with Crippen molar-refractivity contribution in [2.45, 2.75) is 26.8 Å². The number of hydrogen-bond acceptors (Lipinski definition) is 4. The van der Waals surface area contributed by atoms with Crippen molar-refractivity contribution in [1.29, 1.82) is 0 Å². The average molecular weight is 282 g/mol. The predicted molar refractivity (Wildman–Crippen MR) is 83.5 cm³/mol. The van der Waals surface area contributed by atoms with Crippen LogP contribution in [0, 0.1) is 6.92 Å². The number of pyridine rings is 1. The minimum absolute atomic E-state index is 0.580. The first-order valence-corrected chi connectivity index (χ1v) is 7.04. The molecule has 0 unspecified atom stereocenters. The van der Waals surface area contributed by atoms with Crippen molar-refractivity contribution in [3.63, 3.8) is 0 Å². The Labute approximate surface area is 123 Å². The van der Waals surface area contributed by atoms with E-state index in [2.05, 4.69) is 17.0 Å². The first kappa shape index (κ1) is 13.4. The fraction of sp³-hybridized carbons (Fsp3) is 0.250. The van der Waals surface area contributed by atoms with Crippen LogP contribution in [-0.2, 0) is 6.54 Å². The van der Waals surface area contributed by atoms with E-state index in [1.54, 1.807) is 10.9 Å². The third-order valence-electron chi connectivity index (χ3n) is 3.34. The van der Waals surface area contributed by atoms with Crippen molar-refractivity contribution >= 4 is 16.6 Å². The van der Waals surface area contributed by atoms with Gasteiger partial charge in [0.05, 0.1) is 17.4 Å². The van der Waals surface area contributed by atoms with Gasteiger partial charge in [-0.15, -0.1) is 0 Å². The maximum Gasteiger partial charge on any atom is 0.241 e. The summed E-state index contributed by atoms with van der Waals surface area (Å²) in [7, 11) is 0. The summed E-state index contributed by atoms with van der Waals surface area (Å²) in [6.07, 6.45) is 2.67. The molecule has 0 saturated heterocycles. The molecule has 1 aromatic carbocycles. The van der Waals surface area contributed by atoms with Crippen molar-refractivity contribution in [2.75, 3.05) is 5.73 Å². The minimum Gasteiger partial charge on any atom is -0.436 e. The van der Waals surface area contributed by atoms with Gasteiger partial charge in [-0.3, -0.25) is 4.98 Å². The Morgan fingerprint density at radius 3 is 2.90 bits per heavy atom. The maximum absolute atomic E-state index is 6.07. The molecule has 0 spiro atoms. The molecule has 0 aliphatic carbocycles. The van der Waals surface area contributed by atoms with Gasteiger partial charge in [-0.2, -0.15) is 5.10 Å². The molecule has 0 aliphatic heterocycles. The number of nitrogens with two attached hydrogens (primary N) is 1. The standard InChI is InChI=1S/C16H18N4O/c1-3-8-20-16(15(17)11(2)19-20)21-13-9-12-6-4-5-7-14(12)18-10-13/h4-7,9-10H,3,8,17H2,1-2H3. The lowest BCUT2D eigenvalue weighted by Crippen LogP contribution is -2.02. The lowest BCUT2D eigenvalue weighted by Gasteiger charge is -2.09. The van der Waals surface area contributed by atoms with E-state index < -0.39 is 0 Å². The normalized spacial score (nSPS) is 11.0. The lowest BCUT2D eigenvalue weighted by atomic mass is 10.2. The average Bonchev–Trinajstić information content (AvgIpc) is 2.75. The van der Waals surface area contributed by atoms with Crippen molar-refractivity contribution < 1.29 is 4.74 Å². The molecule has 2 aromatic heterocycles. The summed E-state index contributed by atoms with van der Waals surface area (Å²) in [4.78, 5) is 4.39. The van der Waals surface area contributed by atoms with E-state index in [1.807, 2.05) is 37.3 Å². The van der Waals surface area contributed by atoms with Gasteiger partial charge in [0, 0.05) is 11.9 Å². The first-order chi connectivity index (χ1) is 10.2. The number of para-hydroxylation sites is 1. The molecule has 21 heavy (non-hydrogen) atoms. The van der Waals surface area contributed by atoms with Gasteiger partial charge >= 0.3 is 0 Å². The molecule has 2 N–H and O–H groups in total. The largest absolute Gasteiger partial charge is 0.436 e. The molecule has 108 valence electrons. The number of hydrogen-bond donors (Lipinski definition) is 1. The molecule has 3 rings (SSSR count). The molecule has 0 aliphatic rings. The quantitative estimate of drug-likeness (QED) is 0.795. The Morgan fingerprint density at radius 2 is 2.10 bits per heavy atom. The third-order valence-corrected chi connectivity index (χ3v) is 3.34. The zero-order valence-electron chi connectivity index (χ0n) is 12.2. The molecular weight excluding hydrogens is 264 g/mol. The number of aryl methyl sites for hydroxylation is 2. The van der Waals surface area contributed by atoms with Crippen LogP contribution >= 0.6 is 0 Å². The number of anilines is 1. The van der Waals surface area contributed by atoms with E-state index in [9.17, 15) is 0 Å². The highest BCUT2D eigenvalue weighted by Gasteiger charge is 2.14. The topological polar surface area (TPSA) is 66.0 Å². The summed E-state index contributed by atoms with van der Waals surface area (Å²) in [6.45, 7) is 4.75. The van der Waals surface area contributed by atoms with E-state index >= 15 is 0 Å². The summed E-state index contributed by atoms with van der Waals surface area (Å²) in [5, 5.41) is 5.44. The van der Waals surface area contributed by atoms with Gasteiger partial charge in [-0.1, -0.05) is 25.1 Å². The monoisotopic (exact) mass is 282 g/mol. The Balaban J connectivity index is 1.98. The molecule has 0 amide bonds. The van der Waals surface area contributed by atoms with Gasteiger partial charge in [-0.25, -0.2) is 4.68 Å². The zero-order valence-corrected chi connectivity index (χ0v) is 12.2. The smallest absolute Gasteiger partial charge is 0.241 e. The molecule has 3 aromatic rings. The van der Waals surface area contributed by atoms with E-state index in [-0.39, 0.29) is 0 Å². The highest BCUT2D eigenvalue weighted by molar-refractivity contribution is 5.79. The van der Waals surface area contributed by atoms with Crippen LogP contribution in [0.2, 0.25) is 0 Å². The number of rotatable bonds is 4. The van der Waals surface area contributed by atoms with Crippen LogP contribution in [0.3, 0.4) is 0 Å². The number of fused-ring (bicyclic) bond motifs is 1. The summed E-state index contributed by atoms with van der Waals surface area (Å²) in [5.74, 6) is 1.25. The maximum atomic E-state index is 6.07. The molecule has 0 fully saturated rings. The fourth-order valence-electron chi connectivity index (χ4n) is 2.26. The van der Waals surface area contributed by atoms with Crippen molar-refractivity contribution in [3.05, 3.63) is 42.2 Å². The Morgan fingerprint density at radius 1 is 1.29 bits per heavy atom. The van der Waals surface area contributed by atoms with Gasteiger partial charge in [0.15, 0.2) is 0 Å². The fourth-order valence-corrected chi connectivity index (χ4v) is 2.26. The molecule has 0 atom stereocenters. The molecule has 0 radical (unpaired) electrons. The second-order valence-electron chi connectivity index (χ2n) is 4.99. The summed E-state index contributed by atoms with van der Waals surface area (Å²) in [5.41, 5.74) is 8.37. The van der Waals surface area contributed by atoms with Gasteiger partial charge in [0.25, 0.3) is 0 Å². The van der Waals surface area contributed by atoms with Crippen LogP contribution < -0.4 is 10.5 Å². The van der Waals surface area contributed by atoms with Crippen molar-refractivity contribution in [2.24, 2.45) is 0 Å². The summed E-state index contributed by atoms with van der Waals surface area (Å²) < 4.78 is 7.74. The second-order valence-corrected chi connectivity index (χ2v) is 4.99. The number of nitrogen functional groups attached to an aromatic ring is 1. The summed E-state index contributed by atoms with van der Waals surface area (Å²) in [6, 6.07) is 9.88. The van der Waals surface area contributed by atoms with Crippen LogP contribution in [0.25, 0.3) is 10.9 Å². The second kappa shape index (κ2) is 5.44. The lowest BCUT2D eigenvalue weighted by molar-refractivity contribution is 0.409. The van der Waals surface area contributed by atoms with Gasteiger partial charge in [0.1, 0.15) is 11.4 Å². The van der Waals surface area contributed by atoms with Crippen LogP contribution in [-0.4, -0.2) is 14.8 Å². The van der Waals surface area contributed by atoms with Crippen LogP contribution in [0.5, 0.6) is 11.6 Å². The van der Waals surface area contributed by atoms with E-state index in [0.29, 0.717) is 17.3 Å².